The number of likely N-dealkylation sites (tertiary alicyclic amines) is 1. The molecule has 3 aromatic rings. The van der Waals surface area contributed by atoms with Gasteiger partial charge in [0.05, 0.1) is 12.1 Å². The molecule has 4 heterocycles. The Morgan fingerprint density at radius 2 is 1.71 bits per heavy atom. The van der Waals surface area contributed by atoms with E-state index in [0.29, 0.717) is 56.2 Å². The molecule has 4 amide bonds. The van der Waals surface area contributed by atoms with Crippen LogP contribution < -0.4 is 10.6 Å². The highest BCUT2D eigenvalue weighted by Crippen LogP contribution is 2.36. The maximum absolute atomic E-state index is 14.3. The molecule has 1 aromatic heterocycles. The van der Waals surface area contributed by atoms with E-state index in [0.717, 1.165) is 17.5 Å². The van der Waals surface area contributed by atoms with Gasteiger partial charge in [0.15, 0.2) is 0 Å². The third-order valence-electron chi connectivity index (χ3n) is 9.41. The molecule has 2 N–H and O–H groups in total. The van der Waals surface area contributed by atoms with Crippen molar-refractivity contribution in [3.8, 4) is 11.5 Å². The first-order chi connectivity index (χ1) is 21.7. The molecule has 0 spiro atoms. The first-order valence-corrected chi connectivity index (χ1v) is 16.0. The molecule has 0 unspecified atom stereocenters. The van der Waals surface area contributed by atoms with Crippen molar-refractivity contribution in [2.24, 2.45) is 11.8 Å². The Bertz CT molecular complexity index is 1540. The summed E-state index contributed by atoms with van der Waals surface area (Å²) in [5, 5.41) is 5.73. The molecule has 0 aliphatic carbocycles. The fraction of sp³-hybridized carbons (Fsp3) is 0.457. The molecular weight excluding hydrogens is 570 g/mol. The summed E-state index contributed by atoms with van der Waals surface area (Å²) in [6.45, 7) is 5.08. The zero-order valence-corrected chi connectivity index (χ0v) is 25.9. The zero-order chi connectivity index (χ0) is 31.5. The normalized spacial score (nSPS) is 25.8. The van der Waals surface area contributed by atoms with Gasteiger partial charge in [0, 0.05) is 44.1 Å². The third kappa shape index (κ3) is 6.95. The summed E-state index contributed by atoms with van der Waals surface area (Å²) in [5.41, 5.74) is 2.45. The Labute approximate surface area is 263 Å². The van der Waals surface area contributed by atoms with E-state index < -0.39 is 12.1 Å². The van der Waals surface area contributed by atoms with Gasteiger partial charge in [0.25, 0.3) is 0 Å². The van der Waals surface area contributed by atoms with E-state index in [2.05, 4.69) is 15.6 Å². The van der Waals surface area contributed by atoms with Gasteiger partial charge in [-0.2, -0.15) is 0 Å². The molecule has 3 saturated heterocycles. The number of rotatable bonds is 5. The van der Waals surface area contributed by atoms with Crippen LogP contribution in [-0.2, 0) is 32.0 Å². The van der Waals surface area contributed by atoms with Gasteiger partial charge in [-0.1, -0.05) is 48.5 Å². The number of hydrogen-bond acceptors (Lipinski definition) is 6. The second kappa shape index (κ2) is 13.3. The summed E-state index contributed by atoms with van der Waals surface area (Å²) < 4.78 is 5.90. The fourth-order valence-corrected chi connectivity index (χ4v) is 7.12. The fourth-order valence-electron chi connectivity index (χ4n) is 7.12. The van der Waals surface area contributed by atoms with Gasteiger partial charge >= 0.3 is 0 Å². The molecule has 3 aliphatic rings. The zero-order valence-electron chi connectivity index (χ0n) is 25.9. The van der Waals surface area contributed by atoms with E-state index in [-0.39, 0.29) is 54.3 Å². The smallest absolute Gasteiger partial charge is 0.245 e. The lowest BCUT2D eigenvalue weighted by molar-refractivity contribution is -0.148. The Kier molecular flexibility index (Phi) is 9.00. The van der Waals surface area contributed by atoms with Crippen LogP contribution in [0.3, 0.4) is 0 Å². The van der Waals surface area contributed by atoms with Crippen molar-refractivity contribution in [2.45, 2.75) is 70.5 Å². The quantitative estimate of drug-likeness (QED) is 0.456. The van der Waals surface area contributed by atoms with Crippen LogP contribution in [0.5, 0.6) is 0 Å². The van der Waals surface area contributed by atoms with E-state index in [9.17, 15) is 19.2 Å². The number of benzene rings is 2. The number of nitrogens with one attached hydrogen (secondary N) is 2. The first kappa shape index (κ1) is 30.6. The lowest BCUT2D eigenvalue weighted by atomic mass is 9.77. The van der Waals surface area contributed by atoms with E-state index in [1.165, 1.54) is 0 Å². The first-order valence-electron chi connectivity index (χ1n) is 16.0. The number of amides is 4. The minimum atomic E-state index is -0.758. The topological polar surface area (TPSA) is 125 Å². The van der Waals surface area contributed by atoms with Crippen molar-refractivity contribution < 1.29 is 23.6 Å². The van der Waals surface area contributed by atoms with Crippen LogP contribution >= 0.6 is 0 Å². The molecule has 2 aromatic carbocycles. The molecule has 2 bridgehead atoms. The van der Waals surface area contributed by atoms with Gasteiger partial charge < -0.3 is 24.9 Å². The second-order valence-corrected chi connectivity index (χ2v) is 12.7. The van der Waals surface area contributed by atoms with Crippen molar-refractivity contribution in [1.29, 1.82) is 0 Å². The number of oxazole rings is 1. The molecule has 236 valence electrons. The number of fused-ring (bicyclic) bond motifs is 4. The summed E-state index contributed by atoms with van der Waals surface area (Å²) in [4.78, 5) is 62.2. The molecule has 10 heteroatoms. The molecule has 0 saturated carbocycles. The monoisotopic (exact) mass is 611 g/mol. The Hall–Kier alpha value is -4.47. The molecule has 10 nitrogen and oxygen atoms in total. The van der Waals surface area contributed by atoms with E-state index >= 15 is 0 Å². The average molecular weight is 612 g/mol. The molecule has 0 radical (unpaired) electrons. The van der Waals surface area contributed by atoms with Crippen molar-refractivity contribution in [1.82, 2.24) is 25.4 Å². The standard InChI is InChI=1S/C35H41N5O5/c1-22-33(43)37-29(17-24-10-5-3-6-11-24)35(44)40-20-25-16-27(30(40)14-9-15-31(41)36-22)21-39(19-25)32(42)18-28-23(2)45-34(38-28)26-12-7-4-8-13-26/h3-8,10-13,22,25,27,29-30H,9,14-21H2,1-2H3,(H,36,41)(H,37,43)/t22-,25+,27-,29+,30+/m1/s1. The second-order valence-electron chi connectivity index (χ2n) is 12.7. The number of nitrogens with zero attached hydrogens (tertiary/aromatic N) is 3. The minimum absolute atomic E-state index is 0.00350. The maximum atomic E-state index is 14.3. The molecule has 3 aliphatic heterocycles. The lowest BCUT2D eigenvalue weighted by Gasteiger charge is -2.51. The van der Waals surface area contributed by atoms with Crippen LogP contribution in [0.25, 0.3) is 11.5 Å². The van der Waals surface area contributed by atoms with Crippen LogP contribution in [-0.4, -0.2) is 76.2 Å². The number of carbonyl (C=O) groups is 4. The highest BCUT2D eigenvalue weighted by molar-refractivity contribution is 5.92. The number of aromatic nitrogens is 1. The van der Waals surface area contributed by atoms with Crippen LogP contribution in [0, 0.1) is 18.8 Å². The van der Waals surface area contributed by atoms with Crippen molar-refractivity contribution >= 4 is 23.6 Å². The van der Waals surface area contributed by atoms with Gasteiger partial charge in [0.2, 0.25) is 29.5 Å². The minimum Gasteiger partial charge on any atom is -0.441 e. The maximum Gasteiger partial charge on any atom is 0.245 e. The van der Waals surface area contributed by atoms with Gasteiger partial charge in [0.1, 0.15) is 17.8 Å². The van der Waals surface area contributed by atoms with Crippen molar-refractivity contribution in [3.05, 3.63) is 77.7 Å². The highest BCUT2D eigenvalue weighted by Gasteiger charge is 2.45. The molecule has 45 heavy (non-hydrogen) atoms. The average Bonchev–Trinajstić information content (AvgIpc) is 3.41. The third-order valence-corrected chi connectivity index (χ3v) is 9.41. The summed E-state index contributed by atoms with van der Waals surface area (Å²) in [6, 6.07) is 17.7. The van der Waals surface area contributed by atoms with Gasteiger partial charge in [-0.25, -0.2) is 4.98 Å². The molecule has 5 atom stereocenters. The van der Waals surface area contributed by atoms with Crippen molar-refractivity contribution in [2.75, 3.05) is 19.6 Å². The number of hydrogen-bond donors (Lipinski definition) is 2. The molecule has 6 rings (SSSR count). The Morgan fingerprint density at radius 3 is 2.47 bits per heavy atom. The SMILES string of the molecule is Cc1oc(-c2ccccc2)nc1CC(=O)N1C[C@@H]2C[C@H](C1)[C@@H]1CCCC(=O)N[C@H](C)C(=O)N[C@@H](Cc3ccccc3)C(=O)N1C2. The van der Waals surface area contributed by atoms with Crippen molar-refractivity contribution in [3.63, 3.8) is 0 Å². The molecular formula is C35H41N5O5. The molecule has 3 fully saturated rings. The van der Waals surface area contributed by atoms with Crippen LogP contribution in [0.2, 0.25) is 0 Å². The van der Waals surface area contributed by atoms with Gasteiger partial charge in [-0.05, 0) is 62.6 Å². The lowest BCUT2D eigenvalue weighted by Crippen LogP contribution is -2.64. The largest absolute Gasteiger partial charge is 0.441 e. The summed E-state index contributed by atoms with van der Waals surface area (Å²) in [7, 11) is 0. The van der Waals surface area contributed by atoms with E-state index in [4.69, 9.17) is 4.42 Å². The number of aryl methyl sites for hydroxylation is 1. The number of carbonyl (C=O) groups excluding carboxylic acids is 4. The van der Waals surface area contributed by atoms with Crippen LogP contribution in [0.15, 0.2) is 65.1 Å². The number of piperidine rings is 2. The Balaban J connectivity index is 1.21. The summed E-state index contributed by atoms with van der Waals surface area (Å²) in [5.74, 6) is 0.675. The van der Waals surface area contributed by atoms with Gasteiger partial charge in [-0.3, -0.25) is 19.2 Å². The summed E-state index contributed by atoms with van der Waals surface area (Å²) >= 11 is 0. The van der Waals surface area contributed by atoms with Crippen LogP contribution in [0.4, 0.5) is 0 Å². The Morgan fingerprint density at radius 1 is 0.978 bits per heavy atom. The summed E-state index contributed by atoms with van der Waals surface area (Å²) in [6.07, 6.45) is 2.95. The van der Waals surface area contributed by atoms with E-state index in [1.807, 2.05) is 77.4 Å². The van der Waals surface area contributed by atoms with Gasteiger partial charge in [-0.15, -0.1) is 0 Å². The predicted molar refractivity (Wildman–Crippen MR) is 168 cm³/mol. The van der Waals surface area contributed by atoms with E-state index in [1.54, 1.807) is 6.92 Å². The highest BCUT2D eigenvalue weighted by atomic mass is 16.4. The van der Waals surface area contributed by atoms with Crippen LogP contribution in [0.1, 0.15) is 49.6 Å². The predicted octanol–water partition coefficient (Wildman–Crippen LogP) is 3.28.